The van der Waals surface area contributed by atoms with Crippen molar-refractivity contribution in [2.24, 2.45) is 0 Å². The second-order valence-corrected chi connectivity index (χ2v) is 5.80. The summed E-state index contributed by atoms with van der Waals surface area (Å²) in [5, 5.41) is 8.49. The number of ether oxygens (including phenoxy) is 1. The Labute approximate surface area is 132 Å². The number of fused-ring (bicyclic) bond motifs is 1. The average Bonchev–Trinajstić information content (AvgIpc) is 2.46. The van der Waals surface area contributed by atoms with E-state index in [2.05, 4.69) is 0 Å². The van der Waals surface area contributed by atoms with Gasteiger partial charge in [-0.15, -0.1) is 11.6 Å². The van der Waals surface area contributed by atoms with Gasteiger partial charge in [0.05, 0.1) is 11.1 Å². The van der Waals surface area contributed by atoms with Crippen LogP contribution in [0.25, 0.3) is 0 Å². The summed E-state index contributed by atoms with van der Waals surface area (Å²) in [5.74, 6) is -1.56. The first kappa shape index (κ1) is 16.3. The smallest absolute Gasteiger partial charge is 0.326 e. The van der Waals surface area contributed by atoms with Crippen LogP contribution in [0.15, 0.2) is 18.2 Å². The van der Waals surface area contributed by atoms with Crippen LogP contribution in [0.5, 0.6) is 5.75 Å². The highest BCUT2D eigenvalue weighted by Crippen LogP contribution is 2.36. The summed E-state index contributed by atoms with van der Waals surface area (Å²) >= 11 is 5.79. The fraction of sp³-hybridized carbons (Fsp3) is 0.400. The lowest BCUT2D eigenvalue weighted by Crippen LogP contribution is -2.51. The fourth-order valence-electron chi connectivity index (χ4n) is 2.25. The van der Waals surface area contributed by atoms with Crippen molar-refractivity contribution in [1.29, 1.82) is 0 Å². The number of carboxylic acid groups (broad SMARTS) is 1. The third-order valence-electron chi connectivity index (χ3n) is 3.50. The van der Waals surface area contributed by atoms with Crippen molar-refractivity contribution in [2.75, 3.05) is 4.90 Å². The van der Waals surface area contributed by atoms with E-state index in [1.807, 2.05) is 0 Å². The molecule has 6 nitrogen and oxygen atoms in total. The summed E-state index contributed by atoms with van der Waals surface area (Å²) in [6.45, 7) is 4.50. The summed E-state index contributed by atoms with van der Waals surface area (Å²) in [4.78, 5) is 36.7. The van der Waals surface area contributed by atoms with Gasteiger partial charge in [-0.25, -0.2) is 4.79 Å². The number of nitrogens with zero attached hydrogens (tertiary/aromatic N) is 1. The number of alkyl halides is 1. The van der Waals surface area contributed by atoms with E-state index in [0.29, 0.717) is 11.3 Å². The maximum absolute atomic E-state index is 12.3. The Morgan fingerprint density at radius 3 is 2.55 bits per heavy atom. The Morgan fingerprint density at radius 2 is 2.00 bits per heavy atom. The van der Waals surface area contributed by atoms with Crippen molar-refractivity contribution in [2.45, 2.75) is 38.3 Å². The third-order valence-corrected chi connectivity index (χ3v) is 3.70. The number of carboxylic acids is 1. The van der Waals surface area contributed by atoms with Gasteiger partial charge in [0.1, 0.15) is 11.8 Å². The van der Waals surface area contributed by atoms with Gasteiger partial charge in [-0.3, -0.25) is 14.5 Å². The second kappa shape index (κ2) is 5.96. The Balaban J connectivity index is 2.54. The third kappa shape index (κ3) is 2.78. The molecule has 0 aromatic heterocycles. The zero-order valence-electron chi connectivity index (χ0n) is 12.4. The van der Waals surface area contributed by atoms with E-state index in [1.54, 1.807) is 26.0 Å². The van der Waals surface area contributed by atoms with Gasteiger partial charge in [-0.05, 0) is 39.0 Å². The maximum atomic E-state index is 12.3. The normalized spacial score (nSPS) is 19.9. The Bertz CT molecular complexity index is 643. The Hall–Kier alpha value is -2.08. The molecule has 1 heterocycles. The van der Waals surface area contributed by atoms with Crippen LogP contribution in [-0.4, -0.2) is 40.3 Å². The number of carbonyl (C=O) groups is 3. The van der Waals surface area contributed by atoms with Gasteiger partial charge in [0.25, 0.3) is 5.91 Å². The lowest BCUT2D eigenvalue weighted by atomic mass is 10.0. The van der Waals surface area contributed by atoms with E-state index in [9.17, 15) is 19.5 Å². The monoisotopic (exact) mass is 325 g/mol. The highest BCUT2D eigenvalue weighted by atomic mass is 35.5. The molecular formula is C15H16ClNO5. The summed E-state index contributed by atoms with van der Waals surface area (Å²) in [7, 11) is 0. The number of ketones is 1. The minimum absolute atomic E-state index is 0.265. The molecule has 0 bridgehead atoms. The van der Waals surface area contributed by atoms with E-state index in [0.717, 1.165) is 4.90 Å². The predicted molar refractivity (Wildman–Crippen MR) is 80.8 cm³/mol. The number of halogens is 1. The molecule has 3 atom stereocenters. The quantitative estimate of drug-likeness (QED) is 0.677. The molecule has 1 aromatic rings. The SMILES string of the molecule is CC(Cl)C(=O)c1ccc2c(c1)N(C(C)C(=O)O)C(=O)C(C)O2. The molecule has 0 radical (unpaired) electrons. The number of carbonyl (C=O) groups excluding carboxylic acids is 2. The van der Waals surface area contributed by atoms with Gasteiger partial charge in [-0.2, -0.15) is 0 Å². The molecule has 0 aliphatic carbocycles. The molecule has 1 aliphatic rings. The van der Waals surface area contributed by atoms with Crippen molar-refractivity contribution in [3.05, 3.63) is 23.8 Å². The number of aliphatic carboxylic acids is 1. The number of benzene rings is 1. The second-order valence-electron chi connectivity index (χ2n) is 5.15. The average molecular weight is 326 g/mol. The predicted octanol–water partition coefficient (Wildman–Crippen LogP) is 2.08. The van der Waals surface area contributed by atoms with Crippen LogP contribution in [0.3, 0.4) is 0 Å². The molecule has 0 saturated carbocycles. The molecule has 3 unspecified atom stereocenters. The molecule has 118 valence electrons. The lowest BCUT2D eigenvalue weighted by molar-refractivity contribution is -0.140. The molecule has 0 saturated heterocycles. The first-order chi connectivity index (χ1) is 10.2. The molecule has 2 rings (SSSR count). The van der Waals surface area contributed by atoms with Gasteiger partial charge in [-0.1, -0.05) is 0 Å². The van der Waals surface area contributed by atoms with E-state index in [1.165, 1.54) is 13.0 Å². The Morgan fingerprint density at radius 1 is 1.36 bits per heavy atom. The lowest BCUT2D eigenvalue weighted by Gasteiger charge is -2.35. The highest BCUT2D eigenvalue weighted by Gasteiger charge is 2.37. The van der Waals surface area contributed by atoms with Crippen molar-refractivity contribution >= 4 is 34.9 Å². The van der Waals surface area contributed by atoms with E-state index >= 15 is 0 Å². The number of Topliss-reactive ketones (excluding diaryl/α,β-unsaturated/α-hetero) is 1. The number of hydrogen-bond donors (Lipinski definition) is 1. The molecule has 1 aliphatic heterocycles. The van der Waals surface area contributed by atoms with Gasteiger partial charge in [0.15, 0.2) is 11.9 Å². The van der Waals surface area contributed by atoms with E-state index in [4.69, 9.17) is 16.3 Å². The molecule has 7 heteroatoms. The molecular weight excluding hydrogens is 310 g/mol. The first-order valence-electron chi connectivity index (χ1n) is 6.79. The number of amides is 1. The van der Waals surface area contributed by atoms with Crippen molar-refractivity contribution in [3.8, 4) is 5.75 Å². The molecule has 22 heavy (non-hydrogen) atoms. The minimum Gasteiger partial charge on any atom is -0.480 e. The summed E-state index contributed by atoms with van der Waals surface area (Å²) in [5.41, 5.74) is 0.566. The molecule has 0 fully saturated rings. The summed E-state index contributed by atoms with van der Waals surface area (Å²) in [6, 6.07) is 3.47. The van der Waals surface area contributed by atoms with Crippen LogP contribution >= 0.6 is 11.6 Å². The molecule has 1 aromatic carbocycles. The van der Waals surface area contributed by atoms with Crippen molar-refractivity contribution in [1.82, 2.24) is 0 Å². The zero-order chi connectivity index (χ0) is 16.6. The minimum atomic E-state index is -1.14. The van der Waals surface area contributed by atoms with Crippen molar-refractivity contribution < 1.29 is 24.2 Å². The van der Waals surface area contributed by atoms with Crippen LogP contribution in [0.2, 0.25) is 0 Å². The topological polar surface area (TPSA) is 83.9 Å². The number of anilines is 1. The maximum Gasteiger partial charge on any atom is 0.326 e. The van der Waals surface area contributed by atoms with Crippen LogP contribution in [0.1, 0.15) is 31.1 Å². The van der Waals surface area contributed by atoms with Crippen LogP contribution in [0.4, 0.5) is 5.69 Å². The van der Waals surface area contributed by atoms with Gasteiger partial charge < -0.3 is 9.84 Å². The molecule has 0 spiro atoms. The van der Waals surface area contributed by atoms with E-state index in [-0.39, 0.29) is 11.5 Å². The van der Waals surface area contributed by atoms with Gasteiger partial charge >= 0.3 is 5.97 Å². The number of rotatable bonds is 4. The van der Waals surface area contributed by atoms with Crippen molar-refractivity contribution in [3.63, 3.8) is 0 Å². The first-order valence-corrected chi connectivity index (χ1v) is 7.22. The van der Waals surface area contributed by atoms with Gasteiger partial charge in [0.2, 0.25) is 0 Å². The van der Waals surface area contributed by atoms with Crippen LogP contribution in [0, 0.1) is 0 Å². The summed E-state index contributed by atoms with van der Waals surface area (Å²) < 4.78 is 5.47. The largest absolute Gasteiger partial charge is 0.480 e. The van der Waals surface area contributed by atoms with E-state index < -0.39 is 29.4 Å². The number of hydrogen-bond acceptors (Lipinski definition) is 4. The highest BCUT2D eigenvalue weighted by molar-refractivity contribution is 6.33. The zero-order valence-corrected chi connectivity index (χ0v) is 13.1. The standard InChI is InChI=1S/C15H16ClNO5/c1-7(16)13(18)10-4-5-12-11(6-10)17(8(2)15(20)21)14(19)9(3)22-12/h4-9H,1-3H3,(H,20,21). The van der Waals surface area contributed by atoms with Crippen LogP contribution < -0.4 is 9.64 Å². The fourth-order valence-corrected chi connectivity index (χ4v) is 2.38. The van der Waals surface area contributed by atoms with Gasteiger partial charge in [0, 0.05) is 5.56 Å². The summed E-state index contributed by atoms with van der Waals surface area (Å²) in [6.07, 6.45) is -0.789. The molecule has 1 N–H and O–H groups in total. The molecule has 1 amide bonds. The van der Waals surface area contributed by atoms with Crippen LogP contribution in [-0.2, 0) is 9.59 Å². The Kier molecular flexibility index (Phi) is 4.42.